The van der Waals surface area contributed by atoms with Crippen molar-refractivity contribution in [1.29, 1.82) is 0 Å². The molecule has 1 aliphatic heterocycles. The molecule has 28 heavy (non-hydrogen) atoms. The average Bonchev–Trinajstić information content (AvgIpc) is 3.22. The number of ketones is 1. The molecule has 2 heterocycles. The summed E-state index contributed by atoms with van der Waals surface area (Å²) in [5.41, 5.74) is 5.99. The number of anilines is 2. The summed E-state index contributed by atoms with van der Waals surface area (Å²) < 4.78 is 0. The molecular weight excluding hydrogens is 350 g/mol. The van der Waals surface area contributed by atoms with Crippen LogP contribution < -0.4 is 10.2 Å². The van der Waals surface area contributed by atoms with E-state index >= 15 is 0 Å². The van der Waals surface area contributed by atoms with Crippen LogP contribution in [-0.2, 0) is 6.42 Å². The van der Waals surface area contributed by atoms with Crippen LogP contribution in [0.3, 0.4) is 0 Å². The number of aryl methyl sites for hydroxylation is 1. The number of fused-ring (bicyclic) bond motifs is 1. The van der Waals surface area contributed by atoms with E-state index in [4.69, 9.17) is 0 Å². The number of hydrogen-bond acceptors (Lipinski definition) is 3. The van der Waals surface area contributed by atoms with Crippen molar-refractivity contribution in [3.8, 4) is 0 Å². The highest BCUT2D eigenvalue weighted by molar-refractivity contribution is 6.08. The van der Waals surface area contributed by atoms with Crippen LogP contribution in [0.4, 0.5) is 11.4 Å². The summed E-state index contributed by atoms with van der Waals surface area (Å²) in [6.45, 7) is 10.3. The van der Waals surface area contributed by atoms with Gasteiger partial charge >= 0.3 is 0 Å². The van der Waals surface area contributed by atoms with Gasteiger partial charge in [-0.15, -0.1) is 0 Å². The fourth-order valence-electron chi connectivity index (χ4n) is 4.70. The molecule has 0 spiro atoms. The molecule has 0 radical (unpaired) electrons. The summed E-state index contributed by atoms with van der Waals surface area (Å²) in [5.74, 6) is -0.0595. The van der Waals surface area contributed by atoms with E-state index in [2.05, 4.69) is 42.0 Å². The van der Waals surface area contributed by atoms with Crippen LogP contribution in [0, 0.1) is 19.3 Å². The first-order chi connectivity index (χ1) is 13.2. The Balaban J connectivity index is 1.56. The second-order valence-corrected chi connectivity index (χ2v) is 9.07. The molecule has 1 aliphatic carbocycles. The molecule has 0 saturated carbocycles. The molecule has 1 fully saturated rings. The number of Topliss-reactive ketones (excluding diaryl/α,β-unsaturated/α-hetero) is 1. The number of benzene rings is 1. The molecule has 1 aromatic carbocycles. The Kier molecular flexibility index (Phi) is 4.56. The van der Waals surface area contributed by atoms with Crippen molar-refractivity contribution in [1.82, 2.24) is 4.98 Å². The smallest absolute Gasteiger partial charge is 0.272 e. The van der Waals surface area contributed by atoms with Crippen LogP contribution in [0.2, 0.25) is 0 Å². The monoisotopic (exact) mass is 379 g/mol. The summed E-state index contributed by atoms with van der Waals surface area (Å²) in [6, 6.07) is 6.08. The zero-order valence-electron chi connectivity index (χ0n) is 17.2. The Morgan fingerprint density at radius 2 is 1.86 bits per heavy atom. The molecule has 1 amide bonds. The minimum absolute atomic E-state index is 0.0718. The number of aromatic amines is 1. The van der Waals surface area contributed by atoms with Crippen LogP contribution >= 0.6 is 0 Å². The molecule has 1 saturated heterocycles. The number of carbonyl (C=O) groups is 2. The van der Waals surface area contributed by atoms with E-state index in [1.807, 2.05) is 19.1 Å². The van der Waals surface area contributed by atoms with Crippen molar-refractivity contribution in [2.24, 2.45) is 5.41 Å². The van der Waals surface area contributed by atoms with Crippen LogP contribution in [0.5, 0.6) is 0 Å². The van der Waals surface area contributed by atoms with Crippen LogP contribution in [0.1, 0.15) is 70.8 Å². The number of aromatic nitrogens is 1. The van der Waals surface area contributed by atoms with E-state index in [1.54, 1.807) is 0 Å². The minimum atomic E-state index is -0.189. The molecule has 5 nitrogen and oxygen atoms in total. The van der Waals surface area contributed by atoms with Gasteiger partial charge in [-0.05, 0) is 67.9 Å². The van der Waals surface area contributed by atoms with Crippen LogP contribution in [0.15, 0.2) is 18.2 Å². The summed E-state index contributed by atoms with van der Waals surface area (Å²) >= 11 is 0. The van der Waals surface area contributed by atoms with E-state index in [0.29, 0.717) is 17.7 Å². The Morgan fingerprint density at radius 3 is 2.54 bits per heavy atom. The highest BCUT2D eigenvalue weighted by Gasteiger charge is 2.35. The second kappa shape index (κ2) is 6.80. The molecule has 2 N–H and O–H groups in total. The maximum absolute atomic E-state index is 12.9. The molecule has 148 valence electrons. The first-order valence-electron chi connectivity index (χ1n) is 10.2. The van der Waals surface area contributed by atoms with Crippen molar-refractivity contribution in [2.45, 2.75) is 53.4 Å². The van der Waals surface area contributed by atoms with Gasteiger partial charge in [-0.2, -0.15) is 0 Å². The number of rotatable bonds is 3. The SMILES string of the molecule is Cc1cc(NC(=O)c2[nH]c3c(c2C)C(=O)CC(C)(C)C3)ccc1N1CCCC1. The Hall–Kier alpha value is -2.56. The highest BCUT2D eigenvalue weighted by atomic mass is 16.2. The highest BCUT2D eigenvalue weighted by Crippen LogP contribution is 2.37. The third kappa shape index (κ3) is 3.34. The lowest BCUT2D eigenvalue weighted by Gasteiger charge is -2.28. The van der Waals surface area contributed by atoms with Gasteiger partial charge in [0.25, 0.3) is 5.91 Å². The standard InChI is InChI=1S/C23H29N3O2/c1-14-11-16(7-8-18(14)26-9-5-6-10-26)24-22(28)21-15(2)20-17(25-21)12-23(3,4)13-19(20)27/h7-8,11,25H,5-6,9-10,12-13H2,1-4H3,(H,24,28). The van der Waals surface area contributed by atoms with Gasteiger partial charge in [0.2, 0.25) is 0 Å². The molecule has 2 aromatic rings. The summed E-state index contributed by atoms with van der Waals surface area (Å²) in [5, 5.41) is 3.00. The minimum Gasteiger partial charge on any atom is -0.371 e. The molecule has 4 rings (SSSR count). The zero-order chi connectivity index (χ0) is 20.1. The van der Waals surface area contributed by atoms with Crippen molar-refractivity contribution >= 4 is 23.1 Å². The van der Waals surface area contributed by atoms with E-state index < -0.39 is 0 Å². The number of carbonyl (C=O) groups excluding carboxylic acids is 2. The summed E-state index contributed by atoms with van der Waals surface area (Å²) in [7, 11) is 0. The number of amides is 1. The van der Waals surface area contributed by atoms with Gasteiger partial charge < -0.3 is 15.2 Å². The molecule has 0 unspecified atom stereocenters. The summed E-state index contributed by atoms with van der Waals surface area (Å²) in [4.78, 5) is 31.1. The molecular formula is C23H29N3O2. The molecule has 1 aromatic heterocycles. The largest absolute Gasteiger partial charge is 0.371 e. The van der Waals surface area contributed by atoms with Gasteiger partial charge in [0, 0.05) is 42.1 Å². The first kappa shape index (κ1) is 18.8. The lowest BCUT2D eigenvalue weighted by atomic mass is 9.75. The fraction of sp³-hybridized carbons (Fsp3) is 0.478. The lowest BCUT2D eigenvalue weighted by molar-refractivity contribution is 0.0910. The van der Waals surface area contributed by atoms with E-state index in [1.165, 1.54) is 24.1 Å². The van der Waals surface area contributed by atoms with Gasteiger partial charge in [-0.25, -0.2) is 0 Å². The number of nitrogens with zero attached hydrogens (tertiary/aromatic N) is 1. The summed E-state index contributed by atoms with van der Waals surface area (Å²) in [6.07, 6.45) is 3.79. The van der Waals surface area contributed by atoms with E-state index in [0.717, 1.165) is 36.5 Å². The molecule has 5 heteroatoms. The van der Waals surface area contributed by atoms with Gasteiger partial charge in [0.15, 0.2) is 5.78 Å². The molecule has 0 bridgehead atoms. The zero-order valence-corrected chi connectivity index (χ0v) is 17.2. The Labute approximate surface area is 166 Å². The number of nitrogens with one attached hydrogen (secondary N) is 2. The maximum Gasteiger partial charge on any atom is 0.272 e. The third-order valence-corrected chi connectivity index (χ3v) is 6.03. The first-order valence-corrected chi connectivity index (χ1v) is 10.2. The van der Waals surface area contributed by atoms with Gasteiger partial charge in [0.05, 0.1) is 0 Å². The second-order valence-electron chi connectivity index (χ2n) is 9.07. The van der Waals surface area contributed by atoms with E-state index in [-0.39, 0.29) is 17.1 Å². The third-order valence-electron chi connectivity index (χ3n) is 6.03. The number of hydrogen-bond donors (Lipinski definition) is 2. The quantitative estimate of drug-likeness (QED) is 0.816. The lowest BCUT2D eigenvalue weighted by Crippen LogP contribution is -2.26. The predicted molar refractivity (Wildman–Crippen MR) is 113 cm³/mol. The van der Waals surface area contributed by atoms with E-state index in [9.17, 15) is 9.59 Å². The van der Waals surface area contributed by atoms with Gasteiger partial charge in [-0.3, -0.25) is 9.59 Å². The topological polar surface area (TPSA) is 65.2 Å². The predicted octanol–water partition coefficient (Wildman–Crippen LogP) is 4.64. The van der Waals surface area contributed by atoms with Crippen molar-refractivity contribution in [3.05, 3.63) is 46.3 Å². The maximum atomic E-state index is 12.9. The van der Waals surface area contributed by atoms with Crippen molar-refractivity contribution < 1.29 is 9.59 Å². The van der Waals surface area contributed by atoms with Gasteiger partial charge in [0.1, 0.15) is 5.69 Å². The normalized spacial score (nSPS) is 18.3. The number of H-pyrrole nitrogens is 1. The average molecular weight is 380 g/mol. The van der Waals surface area contributed by atoms with Crippen LogP contribution in [0.25, 0.3) is 0 Å². The molecule has 0 atom stereocenters. The van der Waals surface area contributed by atoms with Crippen molar-refractivity contribution in [3.63, 3.8) is 0 Å². The van der Waals surface area contributed by atoms with Crippen LogP contribution in [-0.4, -0.2) is 29.8 Å². The molecule has 2 aliphatic rings. The fourth-order valence-corrected chi connectivity index (χ4v) is 4.70. The van der Waals surface area contributed by atoms with Crippen molar-refractivity contribution in [2.75, 3.05) is 23.3 Å². The Bertz CT molecular complexity index is 949. The Morgan fingerprint density at radius 1 is 1.14 bits per heavy atom. The van der Waals surface area contributed by atoms with Gasteiger partial charge in [-0.1, -0.05) is 13.8 Å².